The minimum Gasteiger partial charge on any atom is -0.298 e. The summed E-state index contributed by atoms with van der Waals surface area (Å²) in [5, 5.41) is 16.6. The van der Waals surface area contributed by atoms with Gasteiger partial charge in [0.2, 0.25) is 0 Å². The van der Waals surface area contributed by atoms with Crippen LogP contribution in [0.25, 0.3) is 0 Å². The molecular formula is C13H11N5OS2. The van der Waals surface area contributed by atoms with E-state index in [0.29, 0.717) is 21.6 Å². The van der Waals surface area contributed by atoms with Gasteiger partial charge in [-0.3, -0.25) is 15.4 Å². The van der Waals surface area contributed by atoms with Crippen molar-refractivity contribution in [2.45, 2.75) is 0 Å². The number of carbonyl (C=O) groups is 1. The summed E-state index contributed by atoms with van der Waals surface area (Å²) in [5.74, 6) is -0.290. The quantitative estimate of drug-likeness (QED) is 0.393. The summed E-state index contributed by atoms with van der Waals surface area (Å²) in [5.41, 5.74) is 0.901. The zero-order valence-electron chi connectivity index (χ0n) is 11.0. The van der Waals surface area contributed by atoms with Crippen LogP contribution >= 0.6 is 23.1 Å². The molecule has 0 radical (unpaired) electrons. The van der Waals surface area contributed by atoms with E-state index < -0.39 is 0 Å². The number of aliphatic imine (C=N–C) groups is 1. The Bertz CT molecular complexity index is 691. The first-order chi connectivity index (χ1) is 10.2. The highest BCUT2D eigenvalue weighted by Crippen LogP contribution is 2.22. The molecular weight excluding hydrogens is 306 g/mol. The predicted octanol–water partition coefficient (Wildman–Crippen LogP) is 2.82. The fraction of sp³-hybridized carbons (Fsp3) is 0.0769. The zero-order chi connectivity index (χ0) is 15.1. The van der Waals surface area contributed by atoms with Crippen molar-refractivity contribution in [3.8, 4) is 6.19 Å². The summed E-state index contributed by atoms with van der Waals surface area (Å²) < 4.78 is 0. The first kappa shape index (κ1) is 15.0. The molecule has 6 nitrogen and oxygen atoms in total. The predicted molar refractivity (Wildman–Crippen MR) is 85.9 cm³/mol. The molecule has 0 saturated heterocycles. The van der Waals surface area contributed by atoms with E-state index in [0.717, 1.165) is 0 Å². The molecule has 0 spiro atoms. The van der Waals surface area contributed by atoms with E-state index in [4.69, 9.17) is 5.26 Å². The number of thioether (sulfide) groups is 1. The normalized spacial score (nSPS) is 10.8. The molecule has 0 bridgehead atoms. The van der Waals surface area contributed by atoms with Crippen LogP contribution in [0, 0.1) is 11.5 Å². The van der Waals surface area contributed by atoms with E-state index in [2.05, 4.69) is 20.6 Å². The molecule has 0 aliphatic carbocycles. The molecule has 21 heavy (non-hydrogen) atoms. The topological polar surface area (TPSA) is 90.2 Å². The summed E-state index contributed by atoms with van der Waals surface area (Å²) in [6.45, 7) is 0. The molecule has 1 heterocycles. The van der Waals surface area contributed by atoms with E-state index in [1.54, 1.807) is 42.1 Å². The van der Waals surface area contributed by atoms with Gasteiger partial charge in [0.05, 0.1) is 11.3 Å². The van der Waals surface area contributed by atoms with Gasteiger partial charge in [-0.25, -0.2) is 9.98 Å². The number of para-hydroxylation sites is 1. The van der Waals surface area contributed by atoms with Gasteiger partial charge in [-0.15, -0.1) is 11.3 Å². The number of benzene rings is 1. The lowest BCUT2D eigenvalue weighted by atomic mass is 10.1. The fourth-order valence-electron chi connectivity index (χ4n) is 1.49. The van der Waals surface area contributed by atoms with Gasteiger partial charge in [0.15, 0.2) is 16.5 Å². The van der Waals surface area contributed by atoms with Crippen LogP contribution in [-0.2, 0) is 0 Å². The van der Waals surface area contributed by atoms with Crippen molar-refractivity contribution in [1.82, 2.24) is 10.3 Å². The van der Waals surface area contributed by atoms with Gasteiger partial charge in [-0.1, -0.05) is 23.9 Å². The molecule has 0 atom stereocenters. The van der Waals surface area contributed by atoms with Crippen molar-refractivity contribution < 1.29 is 4.79 Å². The van der Waals surface area contributed by atoms with E-state index in [9.17, 15) is 4.79 Å². The van der Waals surface area contributed by atoms with Crippen molar-refractivity contribution in [2.75, 3.05) is 11.6 Å². The lowest BCUT2D eigenvalue weighted by Gasteiger charge is -2.06. The zero-order valence-corrected chi connectivity index (χ0v) is 12.7. The summed E-state index contributed by atoms with van der Waals surface area (Å²) in [7, 11) is 0. The van der Waals surface area contributed by atoms with Crippen LogP contribution in [0.4, 0.5) is 10.8 Å². The number of anilines is 1. The van der Waals surface area contributed by atoms with Gasteiger partial charge >= 0.3 is 0 Å². The standard InChI is InChI=1S/C13H11N5OS2/c1-20-12(16-8-14)17-10-5-3-2-4-9(10)11(19)18-13-15-6-7-21-13/h2-7H,1H3,(H,16,17)(H,15,18,19). The second-order valence-corrected chi connectivity index (χ2v) is 5.36. The molecule has 2 rings (SSSR count). The molecule has 0 fully saturated rings. The van der Waals surface area contributed by atoms with Crippen LogP contribution in [-0.4, -0.2) is 22.3 Å². The number of nitrogens with zero attached hydrogens (tertiary/aromatic N) is 3. The van der Waals surface area contributed by atoms with Crippen molar-refractivity contribution in [2.24, 2.45) is 4.99 Å². The largest absolute Gasteiger partial charge is 0.298 e. The summed E-state index contributed by atoms with van der Waals surface area (Å²) in [6, 6.07) is 6.92. The third-order valence-corrected chi connectivity index (χ3v) is 3.65. The molecule has 8 heteroatoms. The maximum absolute atomic E-state index is 12.3. The fourth-order valence-corrected chi connectivity index (χ4v) is 2.36. The minimum atomic E-state index is -0.290. The number of rotatable bonds is 3. The second-order valence-electron chi connectivity index (χ2n) is 3.67. The first-order valence-corrected chi connectivity index (χ1v) is 7.92. The smallest absolute Gasteiger partial charge is 0.259 e. The average molecular weight is 317 g/mol. The number of thiazole rings is 1. The van der Waals surface area contributed by atoms with Crippen molar-refractivity contribution >= 4 is 45.0 Å². The van der Waals surface area contributed by atoms with Crippen LogP contribution in [0.2, 0.25) is 0 Å². The Kier molecular flexibility index (Phi) is 5.31. The van der Waals surface area contributed by atoms with Crippen molar-refractivity contribution in [3.05, 3.63) is 41.4 Å². The number of hydrogen-bond donors (Lipinski definition) is 2. The number of amides is 1. The number of carbonyl (C=O) groups excluding carboxylic acids is 1. The second kappa shape index (κ2) is 7.42. The van der Waals surface area contributed by atoms with E-state index in [1.807, 2.05) is 6.19 Å². The van der Waals surface area contributed by atoms with Gasteiger partial charge in [-0.2, -0.15) is 5.26 Å². The number of nitriles is 1. The molecule has 0 unspecified atom stereocenters. The van der Waals surface area contributed by atoms with Crippen LogP contribution < -0.4 is 10.6 Å². The highest BCUT2D eigenvalue weighted by atomic mass is 32.2. The molecule has 0 saturated carbocycles. The first-order valence-electron chi connectivity index (χ1n) is 5.82. The molecule has 0 aliphatic heterocycles. The van der Waals surface area contributed by atoms with Gasteiger partial charge in [-0.05, 0) is 18.4 Å². The van der Waals surface area contributed by atoms with Crippen LogP contribution in [0.1, 0.15) is 10.4 Å². The van der Waals surface area contributed by atoms with Gasteiger partial charge in [0.1, 0.15) is 0 Å². The number of nitrogens with one attached hydrogen (secondary N) is 2. The molecule has 1 amide bonds. The van der Waals surface area contributed by atoms with Crippen molar-refractivity contribution in [1.29, 1.82) is 5.26 Å². The maximum Gasteiger partial charge on any atom is 0.259 e. The summed E-state index contributed by atoms with van der Waals surface area (Å²) >= 11 is 2.63. The molecule has 106 valence electrons. The number of aromatic nitrogens is 1. The van der Waals surface area contributed by atoms with Crippen LogP contribution in [0.3, 0.4) is 0 Å². The number of amidine groups is 1. The molecule has 1 aromatic heterocycles. The van der Waals surface area contributed by atoms with Crippen LogP contribution in [0.15, 0.2) is 40.8 Å². The van der Waals surface area contributed by atoms with Gasteiger partial charge in [0, 0.05) is 11.6 Å². The summed E-state index contributed by atoms with van der Waals surface area (Å²) in [4.78, 5) is 20.5. The highest BCUT2D eigenvalue weighted by molar-refractivity contribution is 8.13. The molecule has 2 N–H and O–H groups in total. The van der Waals surface area contributed by atoms with Gasteiger partial charge < -0.3 is 0 Å². The molecule has 0 aliphatic rings. The average Bonchev–Trinajstić information content (AvgIpc) is 3.00. The van der Waals surface area contributed by atoms with E-state index in [-0.39, 0.29) is 5.91 Å². The SMILES string of the molecule is CSC(=Nc1ccccc1C(=O)Nc1nccs1)NC#N. The highest BCUT2D eigenvalue weighted by Gasteiger charge is 2.12. The molecule has 2 aromatic rings. The van der Waals surface area contributed by atoms with Crippen LogP contribution in [0.5, 0.6) is 0 Å². The Balaban J connectivity index is 2.28. The third kappa shape index (κ3) is 4.05. The lowest BCUT2D eigenvalue weighted by molar-refractivity contribution is 0.102. The Morgan fingerprint density at radius 3 is 2.95 bits per heavy atom. The Hall–Kier alpha value is -2.37. The molecule has 1 aromatic carbocycles. The maximum atomic E-state index is 12.3. The van der Waals surface area contributed by atoms with E-state index >= 15 is 0 Å². The Labute approximate surface area is 129 Å². The number of hydrogen-bond acceptors (Lipinski definition) is 6. The Morgan fingerprint density at radius 1 is 1.48 bits per heavy atom. The van der Waals surface area contributed by atoms with Crippen molar-refractivity contribution in [3.63, 3.8) is 0 Å². The van der Waals surface area contributed by atoms with E-state index in [1.165, 1.54) is 23.1 Å². The van der Waals surface area contributed by atoms with Gasteiger partial charge in [0.25, 0.3) is 5.91 Å². The third-order valence-electron chi connectivity index (χ3n) is 2.38. The monoisotopic (exact) mass is 317 g/mol. The minimum absolute atomic E-state index is 0.290. The lowest BCUT2D eigenvalue weighted by Crippen LogP contribution is -2.14. The summed E-state index contributed by atoms with van der Waals surface area (Å²) in [6.07, 6.45) is 5.22. The Morgan fingerprint density at radius 2 is 2.29 bits per heavy atom.